The second-order valence-electron chi connectivity index (χ2n) is 7.56. The molecule has 0 aliphatic heterocycles. The summed E-state index contributed by atoms with van der Waals surface area (Å²) in [6, 6.07) is 26.6. The normalized spacial score (nSPS) is 12.0. The minimum absolute atomic E-state index is 0.582. The molecule has 3 heterocycles. The zero-order valence-corrected chi connectivity index (χ0v) is 15.8. The van der Waals surface area contributed by atoms with Crippen LogP contribution in [-0.4, -0.2) is 9.38 Å². The van der Waals surface area contributed by atoms with Crippen LogP contribution in [0.15, 0.2) is 83.3 Å². The highest BCUT2D eigenvalue weighted by atomic mass is 16.3. The van der Waals surface area contributed by atoms with Gasteiger partial charge in [0.1, 0.15) is 16.8 Å². The van der Waals surface area contributed by atoms with E-state index in [0.29, 0.717) is 5.69 Å². The van der Waals surface area contributed by atoms with Crippen molar-refractivity contribution in [3.05, 3.63) is 90.3 Å². The third-order valence-electron chi connectivity index (χ3n) is 5.96. The van der Waals surface area contributed by atoms with E-state index in [-0.39, 0.29) is 0 Å². The summed E-state index contributed by atoms with van der Waals surface area (Å²) in [4.78, 5) is 8.49. The number of fused-ring (bicyclic) bond motifs is 11. The van der Waals surface area contributed by atoms with Gasteiger partial charge in [0.2, 0.25) is 0 Å². The first-order valence-electron chi connectivity index (χ1n) is 9.77. The molecule has 3 aromatic heterocycles. The third-order valence-corrected chi connectivity index (χ3v) is 5.96. The van der Waals surface area contributed by atoms with Gasteiger partial charge in [0.05, 0.1) is 23.1 Å². The molecule has 7 aromatic rings. The molecule has 0 N–H and O–H groups in total. The summed E-state index contributed by atoms with van der Waals surface area (Å²) in [5.74, 6) is 0. The van der Waals surface area contributed by atoms with Crippen LogP contribution in [0.3, 0.4) is 0 Å². The van der Waals surface area contributed by atoms with Crippen molar-refractivity contribution < 1.29 is 4.42 Å². The van der Waals surface area contributed by atoms with E-state index in [1.165, 1.54) is 5.39 Å². The van der Waals surface area contributed by atoms with Crippen LogP contribution >= 0.6 is 0 Å². The second kappa shape index (κ2) is 5.37. The molecule has 0 spiro atoms. The van der Waals surface area contributed by atoms with Gasteiger partial charge < -0.3 is 4.42 Å². The van der Waals surface area contributed by atoms with Crippen LogP contribution in [0, 0.1) is 6.57 Å². The number of benzene rings is 4. The van der Waals surface area contributed by atoms with Gasteiger partial charge in [-0.15, -0.1) is 0 Å². The molecule has 0 atom stereocenters. The second-order valence-corrected chi connectivity index (χ2v) is 7.56. The molecule has 0 saturated heterocycles. The lowest BCUT2D eigenvalue weighted by atomic mass is 10.0. The average Bonchev–Trinajstić information content (AvgIpc) is 3.35. The first-order chi connectivity index (χ1) is 14.8. The summed E-state index contributed by atoms with van der Waals surface area (Å²) >= 11 is 0. The standard InChI is InChI=1S/C26H13N3O/c1-27-15-10-11-17-19-13-18-16-6-2-4-8-22(16)29-23-9-5-3-7-21(23)28-26(29)20(18)14-25(19)30-24(17)12-15/h2-14H. The summed E-state index contributed by atoms with van der Waals surface area (Å²) in [6.07, 6.45) is 0. The number of hydrogen-bond acceptors (Lipinski definition) is 2. The van der Waals surface area contributed by atoms with Crippen molar-refractivity contribution in [2.75, 3.05) is 0 Å². The smallest absolute Gasteiger partial charge is 0.190 e. The van der Waals surface area contributed by atoms with Crippen LogP contribution in [0.1, 0.15) is 0 Å². The zero-order valence-electron chi connectivity index (χ0n) is 15.8. The molecule has 7 rings (SSSR count). The monoisotopic (exact) mass is 383 g/mol. The Bertz CT molecular complexity index is 1860. The van der Waals surface area contributed by atoms with Gasteiger partial charge in [0, 0.05) is 21.5 Å². The topological polar surface area (TPSA) is 34.8 Å². The molecule has 4 heteroatoms. The minimum atomic E-state index is 0.582. The maximum atomic E-state index is 7.28. The van der Waals surface area contributed by atoms with Gasteiger partial charge in [-0.05, 0) is 41.8 Å². The van der Waals surface area contributed by atoms with Crippen molar-refractivity contribution in [3.63, 3.8) is 0 Å². The first kappa shape index (κ1) is 15.5. The van der Waals surface area contributed by atoms with E-state index in [1.807, 2.05) is 30.3 Å². The molecule has 0 aliphatic rings. The Labute approximate surface area is 170 Å². The Kier molecular flexibility index (Phi) is 2.78. The lowest BCUT2D eigenvalue weighted by Gasteiger charge is -2.09. The first-order valence-corrected chi connectivity index (χ1v) is 9.77. The lowest BCUT2D eigenvalue weighted by molar-refractivity contribution is 0.670. The number of para-hydroxylation sites is 3. The SMILES string of the molecule is [C-]#[N+]c1ccc2c(c1)oc1cc3c(cc12)c1ccccc1n1c2ccccc2nc31. The van der Waals surface area contributed by atoms with Crippen LogP contribution in [0.2, 0.25) is 0 Å². The number of hydrogen-bond donors (Lipinski definition) is 0. The fourth-order valence-corrected chi connectivity index (χ4v) is 4.64. The molecule has 4 nitrogen and oxygen atoms in total. The highest BCUT2D eigenvalue weighted by Gasteiger charge is 2.16. The van der Waals surface area contributed by atoms with Crippen molar-refractivity contribution >= 4 is 66.0 Å². The zero-order chi connectivity index (χ0) is 19.8. The number of rotatable bonds is 0. The van der Waals surface area contributed by atoms with Gasteiger partial charge in [-0.3, -0.25) is 4.40 Å². The quantitative estimate of drug-likeness (QED) is 0.204. The number of nitrogens with zero attached hydrogens (tertiary/aromatic N) is 3. The Morgan fingerprint density at radius 2 is 1.50 bits per heavy atom. The van der Waals surface area contributed by atoms with Crippen LogP contribution < -0.4 is 0 Å². The molecule has 30 heavy (non-hydrogen) atoms. The maximum absolute atomic E-state index is 7.28. The van der Waals surface area contributed by atoms with Crippen LogP contribution in [-0.2, 0) is 0 Å². The minimum Gasteiger partial charge on any atom is -0.457 e. The molecule has 4 aromatic carbocycles. The molecule has 0 amide bonds. The van der Waals surface area contributed by atoms with Crippen molar-refractivity contribution in [2.45, 2.75) is 0 Å². The Morgan fingerprint density at radius 1 is 0.700 bits per heavy atom. The highest BCUT2D eigenvalue weighted by Crippen LogP contribution is 2.38. The summed E-state index contributed by atoms with van der Waals surface area (Å²) in [7, 11) is 0. The summed E-state index contributed by atoms with van der Waals surface area (Å²) < 4.78 is 8.39. The molecule has 138 valence electrons. The molecule has 0 bridgehead atoms. The third kappa shape index (κ3) is 1.86. The van der Waals surface area contributed by atoms with E-state index in [4.69, 9.17) is 16.0 Å². The lowest BCUT2D eigenvalue weighted by Crippen LogP contribution is -1.91. The van der Waals surface area contributed by atoms with E-state index >= 15 is 0 Å². The Morgan fingerprint density at radius 3 is 2.40 bits per heavy atom. The number of aromatic nitrogens is 2. The molecule has 0 radical (unpaired) electrons. The number of imidazole rings is 1. The maximum Gasteiger partial charge on any atom is 0.190 e. The molecule has 0 aliphatic carbocycles. The fourth-order valence-electron chi connectivity index (χ4n) is 4.64. The van der Waals surface area contributed by atoms with Crippen LogP contribution in [0.5, 0.6) is 0 Å². The Hall–Kier alpha value is -4.36. The van der Waals surface area contributed by atoms with Crippen LogP contribution in [0.4, 0.5) is 5.69 Å². The fraction of sp³-hybridized carbons (Fsp3) is 0. The van der Waals surface area contributed by atoms with Gasteiger partial charge >= 0.3 is 0 Å². The summed E-state index contributed by atoms with van der Waals surface area (Å²) in [5.41, 5.74) is 6.26. The predicted octanol–water partition coefficient (Wildman–Crippen LogP) is 7.24. The van der Waals surface area contributed by atoms with Gasteiger partial charge in [-0.2, -0.15) is 0 Å². The molecular formula is C26H13N3O. The van der Waals surface area contributed by atoms with Gasteiger partial charge in [-0.25, -0.2) is 9.83 Å². The molecular weight excluding hydrogens is 370 g/mol. The van der Waals surface area contributed by atoms with Crippen molar-refractivity contribution in [1.82, 2.24) is 9.38 Å². The molecule has 0 saturated carbocycles. The van der Waals surface area contributed by atoms with Gasteiger partial charge in [0.25, 0.3) is 0 Å². The molecule has 0 fully saturated rings. The van der Waals surface area contributed by atoms with E-state index in [0.717, 1.165) is 54.9 Å². The van der Waals surface area contributed by atoms with E-state index in [9.17, 15) is 0 Å². The van der Waals surface area contributed by atoms with E-state index in [1.54, 1.807) is 0 Å². The van der Waals surface area contributed by atoms with Crippen molar-refractivity contribution in [2.24, 2.45) is 0 Å². The number of furan rings is 1. The predicted molar refractivity (Wildman–Crippen MR) is 121 cm³/mol. The summed E-state index contributed by atoms with van der Waals surface area (Å²) in [6.45, 7) is 7.28. The van der Waals surface area contributed by atoms with Crippen molar-refractivity contribution in [3.8, 4) is 0 Å². The van der Waals surface area contributed by atoms with Gasteiger partial charge in [-0.1, -0.05) is 42.5 Å². The largest absolute Gasteiger partial charge is 0.457 e. The number of pyridine rings is 1. The summed E-state index contributed by atoms with van der Waals surface area (Å²) in [5, 5.41) is 5.47. The Balaban J connectivity index is 1.77. The van der Waals surface area contributed by atoms with Crippen LogP contribution in [0.25, 0.3) is 65.1 Å². The van der Waals surface area contributed by atoms with Crippen molar-refractivity contribution in [1.29, 1.82) is 0 Å². The molecule has 0 unspecified atom stereocenters. The highest BCUT2D eigenvalue weighted by molar-refractivity contribution is 6.20. The van der Waals surface area contributed by atoms with E-state index in [2.05, 4.69) is 57.8 Å². The van der Waals surface area contributed by atoms with Gasteiger partial charge in [0.15, 0.2) is 5.69 Å². The average molecular weight is 383 g/mol. The van der Waals surface area contributed by atoms with E-state index < -0.39 is 0 Å².